The summed E-state index contributed by atoms with van der Waals surface area (Å²) in [6.45, 7) is 9.37. The van der Waals surface area contributed by atoms with Crippen molar-refractivity contribution in [3.05, 3.63) is 41.5 Å². The molecular formula is C27H38N2O. The molecule has 30 heavy (non-hydrogen) atoms. The molecule has 4 aliphatic carbocycles. The van der Waals surface area contributed by atoms with Crippen molar-refractivity contribution >= 4 is 11.8 Å². The van der Waals surface area contributed by atoms with E-state index in [-0.39, 0.29) is 11.5 Å². The molecule has 0 amide bonds. The van der Waals surface area contributed by atoms with E-state index in [1.54, 1.807) is 5.57 Å². The van der Waals surface area contributed by atoms with Crippen LogP contribution in [0.1, 0.15) is 84.0 Å². The summed E-state index contributed by atoms with van der Waals surface area (Å²) in [6.07, 6.45) is 20.3. The first-order valence-corrected chi connectivity index (χ1v) is 12.2. The average molecular weight is 407 g/mol. The molecule has 162 valence electrons. The highest BCUT2D eigenvalue weighted by Crippen LogP contribution is 2.65. The van der Waals surface area contributed by atoms with Crippen molar-refractivity contribution in [2.45, 2.75) is 85.2 Å². The van der Waals surface area contributed by atoms with E-state index in [4.69, 9.17) is 4.98 Å². The molecule has 4 aliphatic rings. The summed E-state index contributed by atoms with van der Waals surface area (Å²) in [7, 11) is 0. The van der Waals surface area contributed by atoms with Crippen LogP contribution in [0.3, 0.4) is 0 Å². The fourth-order valence-electron chi connectivity index (χ4n) is 7.80. The average Bonchev–Trinajstić information content (AvgIpc) is 3.28. The normalized spacial score (nSPS) is 40.6. The van der Waals surface area contributed by atoms with Crippen LogP contribution in [-0.2, 0) is 6.42 Å². The number of hydrogen-bond donors (Lipinski definition) is 1. The molecule has 0 bridgehead atoms. The van der Waals surface area contributed by atoms with Gasteiger partial charge in [0.2, 0.25) is 0 Å². The van der Waals surface area contributed by atoms with Gasteiger partial charge in [-0.25, -0.2) is 4.98 Å². The Balaban J connectivity index is 1.47. The highest BCUT2D eigenvalue weighted by Gasteiger charge is 2.57. The molecule has 1 aromatic heterocycles. The lowest BCUT2D eigenvalue weighted by molar-refractivity contribution is -0.0250. The monoisotopic (exact) mass is 406 g/mol. The zero-order chi connectivity index (χ0) is 21.1. The summed E-state index contributed by atoms with van der Waals surface area (Å²) in [6, 6.07) is 0. The second-order valence-corrected chi connectivity index (χ2v) is 10.7. The number of aliphatic hydroxyl groups is 1. The van der Waals surface area contributed by atoms with Gasteiger partial charge < -0.3 is 9.67 Å². The number of hydrogen-bond acceptors (Lipinski definition) is 2. The summed E-state index contributed by atoms with van der Waals surface area (Å²) in [5.74, 6) is 2.28. The quantitative estimate of drug-likeness (QED) is 0.602. The fourth-order valence-corrected chi connectivity index (χ4v) is 7.80. The minimum Gasteiger partial charge on any atom is -0.393 e. The van der Waals surface area contributed by atoms with Crippen molar-refractivity contribution in [2.24, 2.45) is 28.6 Å². The Morgan fingerprint density at radius 1 is 1.13 bits per heavy atom. The first-order chi connectivity index (χ1) is 14.4. The standard InChI is InChI=1S/C27H38N2O/c1-5-7-23-24(6-2)29(17-28-23)25-11-10-21-20-9-8-18-16-19(30)12-14-26(18,3)22(20)13-15-27(21,25)4/h5,7-8,11,17,19-22,30H,6,9-10,12-16H2,1-4H3. The summed E-state index contributed by atoms with van der Waals surface area (Å²) in [4.78, 5) is 4.75. The fraction of sp³-hybridized carbons (Fsp3) is 0.667. The lowest BCUT2D eigenvalue weighted by atomic mass is 9.48. The summed E-state index contributed by atoms with van der Waals surface area (Å²) >= 11 is 0. The van der Waals surface area contributed by atoms with Gasteiger partial charge in [0.1, 0.15) is 0 Å². The molecule has 1 heterocycles. The van der Waals surface area contributed by atoms with Gasteiger partial charge >= 0.3 is 0 Å². The molecule has 1 N–H and O–H groups in total. The van der Waals surface area contributed by atoms with Crippen molar-refractivity contribution in [2.75, 3.05) is 0 Å². The van der Waals surface area contributed by atoms with Crippen LogP contribution < -0.4 is 0 Å². The van der Waals surface area contributed by atoms with Crippen molar-refractivity contribution in [1.29, 1.82) is 0 Å². The molecule has 6 unspecified atom stereocenters. The van der Waals surface area contributed by atoms with Crippen molar-refractivity contribution in [3.8, 4) is 0 Å². The lowest BCUT2D eigenvalue weighted by Crippen LogP contribution is -2.50. The van der Waals surface area contributed by atoms with Gasteiger partial charge in [0.25, 0.3) is 0 Å². The Bertz CT molecular complexity index is 921. The number of nitrogens with zero attached hydrogens (tertiary/aromatic N) is 2. The van der Waals surface area contributed by atoms with Gasteiger partial charge in [-0.05, 0) is 87.5 Å². The van der Waals surface area contributed by atoms with Crippen molar-refractivity contribution in [3.63, 3.8) is 0 Å². The Morgan fingerprint density at radius 3 is 2.70 bits per heavy atom. The van der Waals surface area contributed by atoms with Crippen LogP contribution >= 0.6 is 0 Å². The molecule has 0 aromatic carbocycles. The summed E-state index contributed by atoms with van der Waals surface area (Å²) in [5.41, 5.74) is 6.10. The molecule has 2 saturated carbocycles. The smallest absolute Gasteiger partial charge is 0.0999 e. The SMILES string of the molecule is CC=Cc1ncn(C2=CCC3C4CC=C5CC(O)CCC5(C)C4CCC23C)c1CC. The van der Waals surface area contributed by atoms with E-state index < -0.39 is 0 Å². The highest BCUT2D eigenvalue weighted by molar-refractivity contribution is 5.61. The summed E-state index contributed by atoms with van der Waals surface area (Å²) in [5, 5.41) is 10.2. The molecule has 0 aliphatic heterocycles. The second kappa shape index (κ2) is 7.22. The van der Waals surface area contributed by atoms with Gasteiger partial charge in [-0.1, -0.05) is 44.6 Å². The molecular weight excluding hydrogens is 368 g/mol. The Kier molecular flexibility index (Phi) is 4.89. The van der Waals surface area contributed by atoms with E-state index in [9.17, 15) is 5.11 Å². The minimum absolute atomic E-state index is 0.116. The van der Waals surface area contributed by atoms with Crippen LogP contribution in [0.15, 0.2) is 30.1 Å². The third kappa shape index (κ3) is 2.77. The van der Waals surface area contributed by atoms with Crippen molar-refractivity contribution in [1.82, 2.24) is 9.55 Å². The molecule has 2 fully saturated rings. The first kappa shape index (κ1) is 20.3. The minimum atomic E-state index is -0.116. The van der Waals surface area contributed by atoms with Gasteiger partial charge in [0, 0.05) is 16.8 Å². The van der Waals surface area contributed by atoms with Gasteiger partial charge in [-0.3, -0.25) is 0 Å². The maximum atomic E-state index is 10.2. The first-order valence-electron chi connectivity index (χ1n) is 12.2. The van der Waals surface area contributed by atoms with E-state index >= 15 is 0 Å². The van der Waals surface area contributed by atoms with E-state index in [1.807, 2.05) is 0 Å². The Labute approximate surface area is 182 Å². The maximum absolute atomic E-state index is 10.2. The number of rotatable bonds is 3. The van der Waals surface area contributed by atoms with Crippen LogP contribution in [0.25, 0.3) is 11.8 Å². The van der Waals surface area contributed by atoms with Gasteiger partial charge in [0.15, 0.2) is 0 Å². The van der Waals surface area contributed by atoms with Crippen LogP contribution in [-0.4, -0.2) is 20.8 Å². The van der Waals surface area contributed by atoms with E-state index in [0.717, 1.165) is 42.7 Å². The third-order valence-electron chi connectivity index (χ3n) is 9.44. The highest BCUT2D eigenvalue weighted by atomic mass is 16.3. The van der Waals surface area contributed by atoms with Crippen LogP contribution in [0.5, 0.6) is 0 Å². The van der Waals surface area contributed by atoms with E-state index in [2.05, 4.69) is 62.9 Å². The molecule has 3 nitrogen and oxygen atoms in total. The predicted molar refractivity (Wildman–Crippen MR) is 124 cm³/mol. The van der Waals surface area contributed by atoms with Crippen LogP contribution in [0, 0.1) is 28.6 Å². The Morgan fingerprint density at radius 2 is 1.93 bits per heavy atom. The largest absolute Gasteiger partial charge is 0.393 e. The maximum Gasteiger partial charge on any atom is 0.0999 e. The van der Waals surface area contributed by atoms with E-state index in [0.29, 0.717) is 5.41 Å². The zero-order valence-electron chi connectivity index (χ0n) is 19.2. The number of imidazole rings is 1. The summed E-state index contributed by atoms with van der Waals surface area (Å²) < 4.78 is 2.43. The second-order valence-electron chi connectivity index (χ2n) is 10.7. The van der Waals surface area contributed by atoms with Crippen LogP contribution in [0.4, 0.5) is 0 Å². The molecule has 5 rings (SSSR count). The molecule has 1 aromatic rings. The van der Waals surface area contributed by atoms with E-state index in [1.165, 1.54) is 43.5 Å². The zero-order valence-corrected chi connectivity index (χ0v) is 19.2. The lowest BCUT2D eigenvalue weighted by Gasteiger charge is -2.57. The number of fused-ring (bicyclic) bond motifs is 5. The third-order valence-corrected chi connectivity index (χ3v) is 9.44. The van der Waals surface area contributed by atoms with Gasteiger partial charge in [-0.15, -0.1) is 0 Å². The topological polar surface area (TPSA) is 38.0 Å². The number of aliphatic hydroxyl groups excluding tert-OH is 1. The Hall–Kier alpha value is -1.61. The number of allylic oxidation sites excluding steroid dienone is 4. The molecule has 6 atom stereocenters. The van der Waals surface area contributed by atoms with Gasteiger partial charge in [-0.2, -0.15) is 0 Å². The molecule has 0 saturated heterocycles. The molecule has 0 radical (unpaired) electrons. The van der Waals surface area contributed by atoms with Gasteiger partial charge in [0.05, 0.1) is 18.1 Å². The van der Waals surface area contributed by atoms with Crippen molar-refractivity contribution < 1.29 is 5.11 Å². The number of aromatic nitrogens is 2. The predicted octanol–water partition coefficient (Wildman–Crippen LogP) is 6.25. The van der Waals surface area contributed by atoms with Crippen LogP contribution in [0.2, 0.25) is 0 Å². The molecule has 0 spiro atoms. The molecule has 3 heteroatoms.